The number of carbonyl (C=O) groups is 1. The van der Waals surface area contributed by atoms with Crippen molar-refractivity contribution in [3.63, 3.8) is 0 Å². The molecule has 2 rings (SSSR count). The first kappa shape index (κ1) is 10.8. The molecule has 2 heterocycles. The summed E-state index contributed by atoms with van der Waals surface area (Å²) in [6, 6.07) is 9.39. The van der Waals surface area contributed by atoms with Gasteiger partial charge < -0.3 is 5.32 Å². The lowest BCUT2D eigenvalue weighted by atomic mass is 10.3. The van der Waals surface area contributed by atoms with E-state index in [1.54, 1.807) is 17.4 Å². The highest BCUT2D eigenvalue weighted by Gasteiger charge is 2.06. The van der Waals surface area contributed by atoms with Crippen molar-refractivity contribution in [1.82, 2.24) is 10.3 Å². The van der Waals surface area contributed by atoms with Gasteiger partial charge in [-0.1, -0.05) is 12.1 Å². The topological polar surface area (TPSA) is 42.0 Å². The molecule has 1 N–H and O–H groups in total. The van der Waals surface area contributed by atoms with E-state index < -0.39 is 0 Å². The van der Waals surface area contributed by atoms with Crippen molar-refractivity contribution in [2.75, 3.05) is 0 Å². The summed E-state index contributed by atoms with van der Waals surface area (Å²) in [7, 11) is 0. The van der Waals surface area contributed by atoms with Crippen LogP contribution in [0.1, 0.15) is 21.1 Å². The molecular weight excluding hydrogens is 220 g/mol. The predicted molar refractivity (Wildman–Crippen MR) is 64.5 cm³/mol. The molecule has 0 fully saturated rings. The zero-order valence-corrected chi connectivity index (χ0v) is 9.75. The van der Waals surface area contributed by atoms with Crippen molar-refractivity contribution in [2.45, 2.75) is 13.5 Å². The first-order valence-corrected chi connectivity index (χ1v) is 5.88. The van der Waals surface area contributed by atoms with Gasteiger partial charge in [0.15, 0.2) is 0 Å². The highest BCUT2D eigenvalue weighted by molar-refractivity contribution is 7.09. The molecule has 0 unspecified atom stereocenters. The van der Waals surface area contributed by atoms with Gasteiger partial charge in [0.25, 0.3) is 5.91 Å². The summed E-state index contributed by atoms with van der Waals surface area (Å²) in [6.45, 7) is 2.43. The van der Waals surface area contributed by atoms with Crippen molar-refractivity contribution >= 4 is 17.2 Å². The van der Waals surface area contributed by atoms with Crippen molar-refractivity contribution in [2.24, 2.45) is 0 Å². The molecular formula is C12H12N2OS. The third-order valence-electron chi connectivity index (χ3n) is 2.12. The summed E-state index contributed by atoms with van der Waals surface area (Å²) in [4.78, 5) is 17.0. The fourth-order valence-electron chi connectivity index (χ4n) is 1.34. The molecule has 0 spiro atoms. The average Bonchev–Trinajstić information content (AvgIpc) is 2.78. The number of hydrogen-bond donors (Lipinski definition) is 1. The second-order valence-corrected chi connectivity index (χ2v) is 4.46. The van der Waals surface area contributed by atoms with Gasteiger partial charge in [0.05, 0.1) is 6.54 Å². The van der Waals surface area contributed by atoms with Crippen LogP contribution < -0.4 is 5.32 Å². The average molecular weight is 232 g/mol. The highest BCUT2D eigenvalue weighted by atomic mass is 32.1. The van der Waals surface area contributed by atoms with Gasteiger partial charge >= 0.3 is 0 Å². The van der Waals surface area contributed by atoms with E-state index in [0.717, 1.165) is 10.6 Å². The lowest BCUT2D eigenvalue weighted by Gasteiger charge is -2.03. The first-order valence-electron chi connectivity index (χ1n) is 5.00. The van der Waals surface area contributed by atoms with E-state index >= 15 is 0 Å². The van der Waals surface area contributed by atoms with Gasteiger partial charge in [-0.3, -0.25) is 4.79 Å². The molecule has 2 aromatic heterocycles. The van der Waals surface area contributed by atoms with Crippen molar-refractivity contribution in [3.8, 4) is 0 Å². The highest BCUT2D eigenvalue weighted by Crippen LogP contribution is 2.07. The molecule has 4 heteroatoms. The SMILES string of the molecule is Cc1cccc(C(=O)NCc2cccs2)n1. The molecule has 0 aromatic carbocycles. The number of amides is 1. The summed E-state index contributed by atoms with van der Waals surface area (Å²) in [5.74, 6) is -0.128. The van der Waals surface area contributed by atoms with Crippen LogP contribution >= 0.6 is 11.3 Å². The Morgan fingerprint density at radius 2 is 2.25 bits per heavy atom. The number of nitrogens with zero attached hydrogens (tertiary/aromatic N) is 1. The Bertz CT molecular complexity index is 480. The Balaban J connectivity index is 1.98. The van der Waals surface area contributed by atoms with Crippen molar-refractivity contribution in [3.05, 3.63) is 52.0 Å². The number of aryl methyl sites for hydroxylation is 1. The fourth-order valence-corrected chi connectivity index (χ4v) is 1.99. The van der Waals surface area contributed by atoms with Crippen LogP contribution in [0.5, 0.6) is 0 Å². The Morgan fingerprint density at radius 3 is 2.94 bits per heavy atom. The van der Waals surface area contributed by atoms with Gasteiger partial charge in [0.2, 0.25) is 0 Å². The van der Waals surface area contributed by atoms with Gasteiger partial charge in [0.1, 0.15) is 5.69 Å². The Kier molecular flexibility index (Phi) is 3.31. The molecule has 2 aromatic rings. The number of nitrogens with one attached hydrogen (secondary N) is 1. The number of hydrogen-bond acceptors (Lipinski definition) is 3. The third kappa shape index (κ3) is 2.67. The van der Waals surface area contributed by atoms with Crippen LogP contribution in [-0.4, -0.2) is 10.9 Å². The summed E-state index contributed by atoms with van der Waals surface area (Å²) in [5, 5.41) is 4.83. The maximum absolute atomic E-state index is 11.7. The van der Waals surface area contributed by atoms with E-state index in [1.165, 1.54) is 0 Å². The smallest absolute Gasteiger partial charge is 0.270 e. The molecule has 0 radical (unpaired) electrons. The molecule has 0 aliphatic heterocycles. The van der Waals surface area contributed by atoms with E-state index in [0.29, 0.717) is 12.2 Å². The number of pyridine rings is 1. The minimum Gasteiger partial charge on any atom is -0.346 e. The predicted octanol–water partition coefficient (Wildman–Crippen LogP) is 2.38. The van der Waals surface area contributed by atoms with Crippen LogP contribution in [-0.2, 0) is 6.54 Å². The van der Waals surface area contributed by atoms with Crippen LogP contribution in [0.25, 0.3) is 0 Å². The van der Waals surface area contributed by atoms with Gasteiger partial charge in [-0.25, -0.2) is 4.98 Å². The van der Waals surface area contributed by atoms with Crippen LogP contribution in [0.2, 0.25) is 0 Å². The maximum atomic E-state index is 11.7. The number of thiophene rings is 1. The summed E-state index contributed by atoms with van der Waals surface area (Å²) in [5.41, 5.74) is 1.32. The third-order valence-corrected chi connectivity index (χ3v) is 3.00. The quantitative estimate of drug-likeness (QED) is 0.882. The molecule has 82 valence electrons. The van der Waals surface area contributed by atoms with Crippen molar-refractivity contribution in [1.29, 1.82) is 0 Å². The number of carbonyl (C=O) groups excluding carboxylic acids is 1. The minimum absolute atomic E-state index is 0.128. The van der Waals surface area contributed by atoms with E-state index in [9.17, 15) is 4.79 Å². The molecule has 0 atom stereocenters. The second kappa shape index (κ2) is 4.90. The van der Waals surface area contributed by atoms with E-state index in [4.69, 9.17) is 0 Å². The molecule has 3 nitrogen and oxygen atoms in total. The van der Waals surface area contributed by atoms with Crippen LogP contribution in [0.3, 0.4) is 0 Å². The summed E-state index contributed by atoms with van der Waals surface area (Å²) >= 11 is 1.63. The van der Waals surface area contributed by atoms with Crippen LogP contribution in [0.4, 0.5) is 0 Å². The lowest BCUT2D eigenvalue weighted by molar-refractivity contribution is 0.0946. The van der Waals surface area contributed by atoms with Gasteiger partial charge in [-0.2, -0.15) is 0 Å². The van der Waals surface area contributed by atoms with Gasteiger partial charge in [0, 0.05) is 10.6 Å². The van der Waals surface area contributed by atoms with Crippen molar-refractivity contribution < 1.29 is 4.79 Å². The maximum Gasteiger partial charge on any atom is 0.270 e. The largest absolute Gasteiger partial charge is 0.346 e. The summed E-state index contributed by atoms with van der Waals surface area (Å²) < 4.78 is 0. The van der Waals surface area contributed by atoms with Gasteiger partial charge in [-0.05, 0) is 30.5 Å². The number of aromatic nitrogens is 1. The molecule has 0 saturated heterocycles. The zero-order valence-electron chi connectivity index (χ0n) is 8.93. The van der Waals surface area contributed by atoms with Crippen LogP contribution in [0, 0.1) is 6.92 Å². The normalized spacial score (nSPS) is 10.1. The van der Waals surface area contributed by atoms with E-state index in [1.807, 2.05) is 36.6 Å². The zero-order chi connectivity index (χ0) is 11.4. The summed E-state index contributed by atoms with van der Waals surface area (Å²) in [6.07, 6.45) is 0. The molecule has 0 saturated carbocycles. The fraction of sp³-hybridized carbons (Fsp3) is 0.167. The van der Waals surface area contributed by atoms with E-state index in [2.05, 4.69) is 10.3 Å². The standard InChI is InChI=1S/C12H12N2OS/c1-9-4-2-6-11(14-9)12(15)13-8-10-5-3-7-16-10/h2-7H,8H2,1H3,(H,13,15). The van der Waals surface area contributed by atoms with Gasteiger partial charge in [-0.15, -0.1) is 11.3 Å². The molecule has 1 amide bonds. The molecule has 0 aliphatic rings. The monoisotopic (exact) mass is 232 g/mol. The molecule has 16 heavy (non-hydrogen) atoms. The Hall–Kier alpha value is -1.68. The number of rotatable bonds is 3. The second-order valence-electron chi connectivity index (χ2n) is 3.43. The Morgan fingerprint density at radius 1 is 1.38 bits per heavy atom. The minimum atomic E-state index is -0.128. The van der Waals surface area contributed by atoms with Crippen LogP contribution in [0.15, 0.2) is 35.7 Å². The first-order chi connectivity index (χ1) is 7.75. The Labute approximate surface area is 98.2 Å². The molecule has 0 aliphatic carbocycles. The molecule has 0 bridgehead atoms. The lowest BCUT2D eigenvalue weighted by Crippen LogP contribution is -2.23. The van der Waals surface area contributed by atoms with E-state index in [-0.39, 0.29) is 5.91 Å².